The summed E-state index contributed by atoms with van der Waals surface area (Å²) < 4.78 is 1.81. The van der Waals surface area contributed by atoms with E-state index in [9.17, 15) is 4.79 Å². The monoisotopic (exact) mass is 331 g/mol. The van der Waals surface area contributed by atoms with Crippen LogP contribution in [0.1, 0.15) is 28.9 Å². The highest BCUT2D eigenvalue weighted by Crippen LogP contribution is 2.12. The summed E-state index contributed by atoms with van der Waals surface area (Å²) >= 11 is 0. The summed E-state index contributed by atoms with van der Waals surface area (Å²) in [4.78, 5) is 16.1. The van der Waals surface area contributed by atoms with Gasteiger partial charge >= 0.3 is 0 Å². The Morgan fingerprint density at radius 2 is 2.08 bits per heavy atom. The summed E-state index contributed by atoms with van der Waals surface area (Å²) in [7, 11) is 0. The van der Waals surface area contributed by atoms with Crippen LogP contribution >= 0.6 is 0 Å². The highest BCUT2D eigenvalue weighted by atomic mass is 16.3. The van der Waals surface area contributed by atoms with E-state index in [0.29, 0.717) is 31.9 Å². The summed E-state index contributed by atoms with van der Waals surface area (Å²) in [5.41, 5.74) is 4.16. The fraction of sp³-hybridized carbons (Fsp3) is 0.471. The topological polar surface area (TPSA) is 92.1 Å². The molecular formula is C17H25N5O2. The lowest BCUT2D eigenvalue weighted by atomic mass is 10.2. The number of hydrogen-bond acceptors (Lipinski definition) is 5. The predicted octanol–water partition coefficient (Wildman–Crippen LogP) is 1.31. The molecule has 2 aromatic heterocycles. The highest BCUT2D eigenvalue weighted by molar-refractivity contribution is 5.89. The molecule has 0 fully saturated rings. The minimum absolute atomic E-state index is 0.0664. The molecule has 0 aliphatic rings. The van der Waals surface area contributed by atoms with E-state index in [0.717, 1.165) is 22.5 Å². The Balaban J connectivity index is 1.76. The zero-order chi connectivity index (χ0) is 17.5. The summed E-state index contributed by atoms with van der Waals surface area (Å²) in [5.74, 6) is 0.505. The normalized spacial score (nSPS) is 10.8. The van der Waals surface area contributed by atoms with Crippen LogP contribution in [-0.2, 0) is 17.9 Å². The fourth-order valence-corrected chi connectivity index (χ4v) is 2.46. The van der Waals surface area contributed by atoms with Crippen LogP contribution in [0.5, 0.6) is 0 Å². The number of aryl methyl sites for hydroxylation is 2. The number of aromatic nitrogens is 3. The van der Waals surface area contributed by atoms with E-state index >= 15 is 0 Å². The lowest BCUT2D eigenvalue weighted by Crippen LogP contribution is -2.22. The van der Waals surface area contributed by atoms with Gasteiger partial charge in [-0.3, -0.25) is 9.48 Å². The number of amides is 1. The van der Waals surface area contributed by atoms with E-state index < -0.39 is 0 Å². The van der Waals surface area contributed by atoms with Gasteiger partial charge in [0.25, 0.3) is 0 Å². The van der Waals surface area contributed by atoms with E-state index in [4.69, 9.17) is 5.11 Å². The van der Waals surface area contributed by atoms with Gasteiger partial charge < -0.3 is 15.7 Å². The van der Waals surface area contributed by atoms with Crippen LogP contribution in [0.4, 0.5) is 5.82 Å². The van der Waals surface area contributed by atoms with Crippen molar-refractivity contribution < 1.29 is 9.90 Å². The number of carbonyl (C=O) groups excluding carboxylic acids is 1. The largest absolute Gasteiger partial charge is 0.394 e. The average Bonchev–Trinajstić information content (AvgIpc) is 2.81. The smallest absolute Gasteiger partial charge is 0.226 e. The number of aliphatic hydroxyl groups excluding tert-OH is 1. The molecule has 7 nitrogen and oxygen atoms in total. The van der Waals surface area contributed by atoms with Crippen molar-refractivity contribution in [3.8, 4) is 0 Å². The van der Waals surface area contributed by atoms with E-state index in [2.05, 4.69) is 20.7 Å². The molecule has 0 saturated heterocycles. The summed E-state index contributed by atoms with van der Waals surface area (Å²) in [5, 5.41) is 19.5. The van der Waals surface area contributed by atoms with Crippen molar-refractivity contribution in [3.63, 3.8) is 0 Å². The number of nitrogens with zero attached hydrogens (tertiary/aromatic N) is 3. The number of anilines is 1. The van der Waals surface area contributed by atoms with Crippen molar-refractivity contribution in [1.29, 1.82) is 0 Å². The van der Waals surface area contributed by atoms with Gasteiger partial charge in [0, 0.05) is 37.0 Å². The molecule has 2 heterocycles. The first-order valence-corrected chi connectivity index (χ1v) is 8.08. The molecule has 0 radical (unpaired) electrons. The molecule has 0 bridgehead atoms. The van der Waals surface area contributed by atoms with Crippen molar-refractivity contribution in [3.05, 3.63) is 40.8 Å². The number of pyridine rings is 1. The summed E-state index contributed by atoms with van der Waals surface area (Å²) in [6.45, 7) is 7.69. The highest BCUT2D eigenvalue weighted by Gasteiger charge is 2.11. The number of rotatable bonds is 8. The first kappa shape index (κ1) is 18.1. The van der Waals surface area contributed by atoms with Crippen molar-refractivity contribution in [2.24, 2.45) is 0 Å². The quantitative estimate of drug-likeness (QED) is 0.635. The van der Waals surface area contributed by atoms with Crippen LogP contribution in [0, 0.1) is 20.8 Å². The molecule has 1 amide bonds. The maximum Gasteiger partial charge on any atom is 0.226 e. The Labute approximate surface area is 142 Å². The Morgan fingerprint density at radius 1 is 1.29 bits per heavy atom. The molecule has 24 heavy (non-hydrogen) atoms. The van der Waals surface area contributed by atoms with Gasteiger partial charge in [-0.15, -0.1) is 0 Å². The van der Waals surface area contributed by atoms with Gasteiger partial charge in [-0.1, -0.05) is 6.07 Å². The first-order valence-electron chi connectivity index (χ1n) is 8.08. The van der Waals surface area contributed by atoms with Gasteiger partial charge in [-0.25, -0.2) is 4.98 Å². The first-order chi connectivity index (χ1) is 11.5. The second kappa shape index (κ2) is 8.56. The molecule has 2 aromatic rings. The molecular weight excluding hydrogens is 306 g/mol. The van der Waals surface area contributed by atoms with Gasteiger partial charge in [0.05, 0.1) is 18.8 Å². The number of nitrogens with one attached hydrogen (secondary N) is 2. The molecule has 0 aliphatic heterocycles. The predicted molar refractivity (Wildman–Crippen MR) is 92.7 cm³/mol. The Morgan fingerprint density at radius 3 is 2.75 bits per heavy atom. The lowest BCUT2D eigenvalue weighted by molar-refractivity contribution is -0.116. The summed E-state index contributed by atoms with van der Waals surface area (Å²) in [6.07, 6.45) is 2.10. The molecule has 130 valence electrons. The third-order valence-corrected chi connectivity index (χ3v) is 3.85. The summed E-state index contributed by atoms with van der Waals surface area (Å²) in [6, 6.07) is 3.71. The number of aliphatic hydroxyl groups is 1. The maximum atomic E-state index is 11.9. The van der Waals surface area contributed by atoms with Crippen LogP contribution < -0.4 is 10.6 Å². The maximum absolute atomic E-state index is 11.9. The molecule has 0 spiro atoms. The number of hydrogen-bond donors (Lipinski definition) is 3. The molecule has 0 aliphatic carbocycles. The van der Waals surface area contributed by atoms with Crippen LogP contribution in [0.25, 0.3) is 0 Å². The molecule has 0 atom stereocenters. The third kappa shape index (κ3) is 4.87. The van der Waals surface area contributed by atoms with Crippen molar-refractivity contribution >= 4 is 11.7 Å². The van der Waals surface area contributed by atoms with Crippen LogP contribution in [0.2, 0.25) is 0 Å². The zero-order valence-electron chi connectivity index (χ0n) is 14.5. The lowest BCUT2D eigenvalue weighted by Gasteiger charge is -2.07. The number of carbonyl (C=O) groups is 1. The minimum Gasteiger partial charge on any atom is -0.394 e. The Bertz CT molecular complexity index is 679. The van der Waals surface area contributed by atoms with Crippen LogP contribution in [-0.4, -0.2) is 38.9 Å². The second-order valence-electron chi connectivity index (χ2n) is 5.79. The van der Waals surface area contributed by atoms with Gasteiger partial charge in [-0.2, -0.15) is 5.10 Å². The standard InChI is InChI=1S/C17H25N5O2/c1-12-4-5-16(19-10-12)20-17(24)6-7-18-11-15-13(2)21-22(8-9-23)14(15)3/h4-5,10,18,23H,6-9,11H2,1-3H3,(H,19,20,24). The van der Waals surface area contributed by atoms with Crippen LogP contribution in [0.3, 0.4) is 0 Å². The minimum atomic E-state index is -0.0664. The SMILES string of the molecule is Cc1ccc(NC(=O)CCNCc2c(C)nn(CCO)c2C)nc1. The third-order valence-electron chi connectivity index (χ3n) is 3.85. The Kier molecular flexibility index (Phi) is 6.45. The van der Waals surface area contributed by atoms with Gasteiger partial charge in [0.15, 0.2) is 0 Å². The Hall–Kier alpha value is -2.25. The molecule has 3 N–H and O–H groups in total. The molecule has 0 saturated carbocycles. The van der Waals surface area contributed by atoms with E-state index in [1.165, 1.54) is 0 Å². The fourth-order valence-electron chi connectivity index (χ4n) is 2.46. The van der Waals surface area contributed by atoms with Gasteiger partial charge in [-0.05, 0) is 32.4 Å². The zero-order valence-corrected chi connectivity index (χ0v) is 14.5. The van der Waals surface area contributed by atoms with E-state index in [1.807, 2.05) is 31.5 Å². The van der Waals surface area contributed by atoms with E-state index in [-0.39, 0.29) is 12.5 Å². The van der Waals surface area contributed by atoms with E-state index in [1.54, 1.807) is 12.3 Å². The van der Waals surface area contributed by atoms with Crippen LogP contribution in [0.15, 0.2) is 18.3 Å². The molecule has 0 unspecified atom stereocenters. The van der Waals surface area contributed by atoms with Crippen molar-refractivity contribution in [2.75, 3.05) is 18.5 Å². The molecule has 0 aromatic carbocycles. The molecule has 7 heteroatoms. The molecule has 2 rings (SSSR count). The van der Waals surface area contributed by atoms with Gasteiger partial charge in [0.2, 0.25) is 5.91 Å². The van der Waals surface area contributed by atoms with Crippen molar-refractivity contribution in [1.82, 2.24) is 20.1 Å². The van der Waals surface area contributed by atoms with Crippen molar-refractivity contribution in [2.45, 2.75) is 40.3 Å². The van der Waals surface area contributed by atoms with Gasteiger partial charge in [0.1, 0.15) is 5.82 Å². The second-order valence-corrected chi connectivity index (χ2v) is 5.79. The average molecular weight is 331 g/mol.